The Morgan fingerprint density at radius 1 is 0.970 bits per heavy atom. The van der Waals surface area contributed by atoms with Crippen molar-refractivity contribution in [2.75, 3.05) is 4.72 Å². The van der Waals surface area contributed by atoms with Gasteiger partial charge < -0.3 is 4.98 Å². The predicted molar refractivity (Wildman–Crippen MR) is 134 cm³/mol. The highest BCUT2D eigenvalue weighted by molar-refractivity contribution is 7.92. The zero-order valence-electron chi connectivity index (χ0n) is 18.8. The molecule has 0 atom stereocenters. The SMILES string of the molecule is C=CC(=O)c1[nH]c2ccc(NS(=O)(=O)c3ccc(C(C)(C)C)cc3)cc2c1-c1ccccc1. The van der Waals surface area contributed by atoms with Crippen LogP contribution in [0.1, 0.15) is 36.8 Å². The number of H-pyrrole nitrogens is 1. The van der Waals surface area contributed by atoms with Gasteiger partial charge in [0.1, 0.15) is 0 Å². The molecule has 0 saturated carbocycles. The molecular weight excluding hydrogens is 432 g/mol. The standard InChI is InChI=1S/C27H26N2O3S/c1-5-24(30)26-25(18-9-7-6-8-10-18)22-17-20(13-16-23(22)28-26)29-33(31,32)21-14-11-19(12-15-21)27(2,3)4/h5-17,28-29H,1H2,2-4H3. The molecule has 0 aliphatic carbocycles. The number of carbonyl (C=O) groups excluding carboxylic acids is 1. The molecule has 4 rings (SSSR count). The van der Waals surface area contributed by atoms with Gasteiger partial charge in [-0.25, -0.2) is 8.42 Å². The summed E-state index contributed by atoms with van der Waals surface area (Å²) in [5.41, 5.74) is 4.13. The van der Waals surface area contributed by atoms with Gasteiger partial charge in [0.2, 0.25) is 5.78 Å². The highest BCUT2D eigenvalue weighted by Gasteiger charge is 2.20. The number of aromatic amines is 1. The quantitative estimate of drug-likeness (QED) is 0.263. The second-order valence-corrected chi connectivity index (χ2v) is 10.6. The summed E-state index contributed by atoms with van der Waals surface area (Å²) in [6.07, 6.45) is 1.27. The van der Waals surface area contributed by atoms with Crippen LogP contribution < -0.4 is 4.72 Å². The third-order valence-electron chi connectivity index (χ3n) is 5.58. The smallest absolute Gasteiger partial charge is 0.261 e. The normalized spacial score (nSPS) is 12.0. The van der Waals surface area contributed by atoms with Gasteiger partial charge in [-0.1, -0.05) is 69.8 Å². The minimum Gasteiger partial charge on any atom is -0.351 e. The van der Waals surface area contributed by atoms with Gasteiger partial charge in [-0.2, -0.15) is 0 Å². The molecule has 5 nitrogen and oxygen atoms in total. The number of hydrogen-bond donors (Lipinski definition) is 2. The summed E-state index contributed by atoms with van der Waals surface area (Å²) >= 11 is 0. The van der Waals surface area contributed by atoms with Crippen LogP contribution in [-0.4, -0.2) is 19.2 Å². The number of fused-ring (bicyclic) bond motifs is 1. The summed E-state index contributed by atoms with van der Waals surface area (Å²) in [5, 5.41) is 0.745. The maximum absolute atomic E-state index is 13.0. The summed E-state index contributed by atoms with van der Waals surface area (Å²) in [6.45, 7) is 9.84. The van der Waals surface area contributed by atoms with E-state index in [-0.39, 0.29) is 16.1 Å². The van der Waals surface area contributed by atoms with Crippen molar-refractivity contribution in [3.05, 3.63) is 96.7 Å². The van der Waals surface area contributed by atoms with E-state index in [0.29, 0.717) is 16.9 Å². The Labute approximate surface area is 194 Å². The Bertz CT molecular complexity index is 1440. The van der Waals surface area contributed by atoms with E-state index in [2.05, 4.69) is 37.1 Å². The number of anilines is 1. The van der Waals surface area contributed by atoms with Gasteiger partial charge in [0.25, 0.3) is 10.0 Å². The summed E-state index contributed by atoms with van der Waals surface area (Å²) in [6, 6.07) is 21.6. The van der Waals surface area contributed by atoms with Crippen LogP contribution in [0.3, 0.4) is 0 Å². The van der Waals surface area contributed by atoms with Crippen molar-refractivity contribution in [2.45, 2.75) is 31.1 Å². The Morgan fingerprint density at radius 3 is 2.24 bits per heavy atom. The lowest BCUT2D eigenvalue weighted by atomic mass is 9.87. The van der Waals surface area contributed by atoms with Crippen LogP contribution in [-0.2, 0) is 15.4 Å². The number of carbonyl (C=O) groups is 1. The Balaban J connectivity index is 1.76. The van der Waals surface area contributed by atoms with Gasteiger partial charge in [0, 0.05) is 22.2 Å². The van der Waals surface area contributed by atoms with Crippen LogP contribution in [0, 0.1) is 0 Å². The van der Waals surface area contributed by atoms with Crippen LogP contribution in [0.5, 0.6) is 0 Å². The summed E-state index contributed by atoms with van der Waals surface area (Å²) < 4.78 is 28.7. The lowest BCUT2D eigenvalue weighted by Crippen LogP contribution is -2.14. The van der Waals surface area contributed by atoms with Crippen molar-refractivity contribution in [1.82, 2.24) is 4.98 Å². The minimum atomic E-state index is -3.78. The van der Waals surface area contributed by atoms with Crippen molar-refractivity contribution in [1.29, 1.82) is 0 Å². The summed E-state index contributed by atoms with van der Waals surface area (Å²) in [7, 11) is -3.78. The number of ketones is 1. The van der Waals surface area contributed by atoms with Crippen molar-refractivity contribution >= 4 is 32.4 Å². The molecule has 33 heavy (non-hydrogen) atoms. The second kappa shape index (κ2) is 8.37. The number of sulfonamides is 1. The molecule has 0 bridgehead atoms. The van der Waals surface area contributed by atoms with Gasteiger partial charge in [-0.05, 0) is 52.9 Å². The molecule has 0 aliphatic rings. The Kier molecular flexibility index (Phi) is 5.72. The fraction of sp³-hybridized carbons (Fsp3) is 0.148. The molecule has 168 valence electrons. The lowest BCUT2D eigenvalue weighted by Gasteiger charge is -2.19. The van der Waals surface area contributed by atoms with Crippen molar-refractivity contribution in [2.24, 2.45) is 0 Å². The first-order valence-corrected chi connectivity index (χ1v) is 12.1. The van der Waals surface area contributed by atoms with E-state index in [9.17, 15) is 13.2 Å². The van der Waals surface area contributed by atoms with Crippen LogP contribution in [0.4, 0.5) is 5.69 Å². The molecule has 3 aromatic carbocycles. The number of hydrogen-bond acceptors (Lipinski definition) is 3. The van der Waals surface area contributed by atoms with Crippen LogP contribution in [0.15, 0.2) is 90.3 Å². The molecule has 0 unspecified atom stereocenters. The molecule has 0 amide bonds. The Hall–Kier alpha value is -3.64. The summed E-state index contributed by atoms with van der Waals surface area (Å²) in [5.74, 6) is -0.230. The molecule has 0 fully saturated rings. The molecule has 1 heterocycles. The minimum absolute atomic E-state index is 0.0660. The number of rotatable bonds is 6. The molecule has 6 heteroatoms. The van der Waals surface area contributed by atoms with E-state index < -0.39 is 10.0 Å². The fourth-order valence-electron chi connectivity index (χ4n) is 3.80. The van der Waals surface area contributed by atoms with Crippen LogP contribution >= 0.6 is 0 Å². The number of benzene rings is 3. The summed E-state index contributed by atoms with van der Waals surface area (Å²) in [4.78, 5) is 15.9. The van der Waals surface area contributed by atoms with Crippen molar-refractivity contribution in [3.8, 4) is 11.1 Å². The van der Waals surface area contributed by atoms with E-state index in [0.717, 1.165) is 22.0 Å². The number of nitrogens with one attached hydrogen (secondary N) is 2. The molecule has 4 aromatic rings. The van der Waals surface area contributed by atoms with Gasteiger partial charge >= 0.3 is 0 Å². The van der Waals surface area contributed by atoms with Crippen LogP contribution in [0.2, 0.25) is 0 Å². The fourth-order valence-corrected chi connectivity index (χ4v) is 4.84. The zero-order chi connectivity index (χ0) is 23.8. The topological polar surface area (TPSA) is 79.0 Å². The zero-order valence-corrected chi connectivity index (χ0v) is 19.7. The third-order valence-corrected chi connectivity index (χ3v) is 6.97. The highest BCUT2D eigenvalue weighted by atomic mass is 32.2. The van der Waals surface area contributed by atoms with E-state index in [1.165, 1.54) is 6.08 Å². The third kappa shape index (κ3) is 4.47. The molecular formula is C27H26N2O3S. The van der Waals surface area contributed by atoms with E-state index >= 15 is 0 Å². The average molecular weight is 459 g/mol. The molecule has 0 aliphatic heterocycles. The molecule has 1 aromatic heterocycles. The van der Waals surface area contributed by atoms with Crippen LogP contribution in [0.25, 0.3) is 22.0 Å². The molecule has 0 saturated heterocycles. The van der Waals surface area contributed by atoms with E-state index in [4.69, 9.17) is 0 Å². The second-order valence-electron chi connectivity index (χ2n) is 8.95. The predicted octanol–water partition coefficient (Wildman–Crippen LogP) is 6.30. The van der Waals surface area contributed by atoms with Crippen molar-refractivity contribution in [3.63, 3.8) is 0 Å². The first kappa shape index (κ1) is 22.6. The monoisotopic (exact) mass is 458 g/mol. The van der Waals surface area contributed by atoms with Crippen molar-refractivity contribution < 1.29 is 13.2 Å². The molecule has 0 spiro atoms. The van der Waals surface area contributed by atoms with E-state index in [1.54, 1.807) is 30.3 Å². The van der Waals surface area contributed by atoms with Gasteiger partial charge in [-0.3, -0.25) is 9.52 Å². The average Bonchev–Trinajstić information content (AvgIpc) is 3.17. The van der Waals surface area contributed by atoms with Gasteiger partial charge in [0.15, 0.2) is 0 Å². The lowest BCUT2D eigenvalue weighted by molar-refractivity contribution is 0.104. The maximum atomic E-state index is 13.0. The number of allylic oxidation sites excluding steroid dienone is 1. The first-order chi connectivity index (χ1) is 15.6. The first-order valence-electron chi connectivity index (χ1n) is 10.6. The number of aromatic nitrogens is 1. The molecule has 2 N–H and O–H groups in total. The molecule has 0 radical (unpaired) electrons. The van der Waals surface area contributed by atoms with Gasteiger partial charge in [-0.15, -0.1) is 0 Å². The van der Waals surface area contributed by atoms with Gasteiger partial charge in [0.05, 0.1) is 10.6 Å². The van der Waals surface area contributed by atoms with E-state index in [1.807, 2.05) is 42.5 Å². The highest BCUT2D eigenvalue weighted by Crippen LogP contribution is 2.35. The largest absolute Gasteiger partial charge is 0.351 e. The maximum Gasteiger partial charge on any atom is 0.261 e. The Morgan fingerprint density at radius 2 is 1.64 bits per heavy atom.